The Morgan fingerprint density at radius 2 is 1.69 bits per heavy atom. The van der Waals surface area contributed by atoms with Crippen LogP contribution in [-0.2, 0) is 0 Å². The molecule has 0 aromatic heterocycles. The van der Waals surface area contributed by atoms with Crippen molar-refractivity contribution in [2.75, 3.05) is 26.2 Å². The summed E-state index contributed by atoms with van der Waals surface area (Å²) < 4.78 is 0. The summed E-state index contributed by atoms with van der Waals surface area (Å²) in [6.45, 7) is 10.4. The maximum atomic E-state index is 12.9. The minimum atomic E-state index is -0.0160. The lowest BCUT2D eigenvalue weighted by molar-refractivity contribution is 0.0948. The van der Waals surface area contributed by atoms with Gasteiger partial charge in [-0.2, -0.15) is 0 Å². The molecule has 0 unspecified atom stereocenters. The first-order valence-electron chi connectivity index (χ1n) is 12.2. The molecule has 1 amide bonds. The molecule has 0 fully saturated rings. The van der Waals surface area contributed by atoms with Crippen LogP contribution in [0.1, 0.15) is 75.2 Å². The van der Waals surface area contributed by atoms with Gasteiger partial charge in [-0.25, -0.2) is 0 Å². The third-order valence-corrected chi connectivity index (χ3v) is 6.89. The van der Waals surface area contributed by atoms with Crippen molar-refractivity contribution in [3.05, 3.63) is 53.6 Å². The van der Waals surface area contributed by atoms with Crippen LogP contribution < -0.4 is 5.32 Å². The fourth-order valence-corrected chi connectivity index (χ4v) is 4.93. The maximum Gasteiger partial charge on any atom is 0.251 e. The number of benzene rings is 2. The second-order valence-electron chi connectivity index (χ2n) is 8.39. The molecule has 2 aromatic carbocycles. The highest BCUT2D eigenvalue weighted by molar-refractivity contribution is 7.99. The van der Waals surface area contributed by atoms with Gasteiger partial charge in [0.2, 0.25) is 0 Å². The highest BCUT2D eigenvalue weighted by Crippen LogP contribution is 2.41. The Morgan fingerprint density at radius 3 is 2.41 bits per heavy atom. The molecule has 0 saturated heterocycles. The Balaban J connectivity index is 1.69. The molecule has 1 aliphatic rings. The minimum absolute atomic E-state index is 0.0160. The lowest BCUT2D eigenvalue weighted by Crippen LogP contribution is -2.36. The fourth-order valence-electron chi connectivity index (χ4n) is 3.91. The second-order valence-corrected chi connectivity index (χ2v) is 9.48. The number of hydrogen-bond acceptors (Lipinski definition) is 4. The first kappa shape index (κ1) is 24.5. The third-order valence-electron chi connectivity index (χ3n) is 5.75. The van der Waals surface area contributed by atoms with E-state index in [1.54, 1.807) is 11.8 Å². The molecule has 3 rings (SSSR count). The van der Waals surface area contributed by atoms with Gasteiger partial charge in [0.1, 0.15) is 0 Å². The Bertz CT molecular complexity index is 917. The summed E-state index contributed by atoms with van der Waals surface area (Å²) in [4.78, 5) is 22.7. The number of fused-ring (bicyclic) bond motifs is 2. The summed E-state index contributed by atoms with van der Waals surface area (Å²) in [5.74, 6) is -0.0160. The number of nitrogens with zero attached hydrogens (tertiary/aromatic N) is 2. The largest absolute Gasteiger partial charge is 0.351 e. The van der Waals surface area contributed by atoms with Gasteiger partial charge < -0.3 is 10.2 Å². The van der Waals surface area contributed by atoms with E-state index in [4.69, 9.17) is 4.99 Å². The van der Waals surface area contributed by atoms with Gasteiger partial charge in [0.25, 0.3) is 5.91 Å². The number of rotatable bonds is 12. The molecule has 0 aliphatic carbocycles. The molecule has 172 valence electrons. The first-order chi connectivity index (χ1) is 15.7. The molecule has 1 N–H and O–H groups in total. The van der Waals surface area contributed by atoms with Crippen molar-refractivity contribution in [2.24, 2.45) is 4.99 Å². The first-order valence-corrected chi connectivity index (χ1v) is 13.0. The molecule has 2 aromatic rings. The van der Waals surface area contributed by atoms with Crippen LogP contribution in [0.3, 0.4) is 0 Å². The zero-order valence-electron chi connectivity index (χ0n) is 19.8. The smallest absolute Gasteiger partial charge is 0.251 e. The van der Waals surface area contributed by atoms with E-state index >= 15 is 0 Å². The summed E-state index contributed by atoms with van der Waals surface area (Å²) in [5, 5.41) is 3.12. The summed E-state index contributed by atoms with van der Waals surface area (Å²) in [5.41, 5.74) is 3.90. The van der Waals surface area contributed by atoms with Crippen molar-refractivity contribution in [2.45, 2.75) is 69.1 Å². The van der Waals surface area contributed by atoms with Gasteiger partial charge in [0.05, 0.1) is 5.69 Å². The molecule has 0 saturated carbocycles. The molecular formula is C27H37N3OS. The normalized spacial score (nSPS) is 12.7. The van der Waals surface area contributed by atoms with E-state index in [0.29, 0.717) is 12.1 Å². The van der Waals surface area contributed by atoms with E-state index in [2.05, 4.69) is 55.3 Å². The Morgan fingerprint density at radius 1 is 0.938 bits per heavy atom. The average Bonchev–Trinajstić information content (AvgIpc) is 2.96. The zero-order valence-corrected chi connectivity index (χ0v) is 20.6. The summed E-state index contributed by atoms with van der Waals surface area (Å²) >= 11 is 1.74. The Hall–Kier alpha value is -2.11. The minimum Gasteiger partial charge on any atom is -0.351 e. The van der Waals surface area contributed by atoms with Crippen LogP contribution in [-0.4, -0.2) is 42.7 Å². The molecule has 0 spiro atoms. The van der Waals surface area contributed by atoms with E-state index in [9.17, 15) is 4.79 Å². The van der Waals surface area contributed by atoms with Crippen LogP contribution in [0.25, 0.3) is 0 Å². The number of carbonyl (C=O) groups is 1. The second kappa shape index (κ2) is 12.8. The summed E-state index contributed by atoms with van der Waals surface area (Å²) in [7, 11) is 0. The molecule has 32 heavy (non-hydrogen) atoms. The number of amides is 1. The van der Waals surface area contributed by atoms with Gasteiger partial charge in [0, 0.05) is 39.7 Å². The van der Waals surface area contributed by atoms with Crippen LogP contribution in [0.4, 0.5) is 5.69 Å². The van der Waals surface area contributed by atoms with Gasteiger partial charge in [-0.3, -0.25) is 9.79 Å². The van der Waals surface area contributed by atoms with Crippen molar-refractivity contribution < 1.29 is 4.79 Å². The Kier molecular flexibility index (Phi) is 9.82. The highest BCUT2D eigenvalue weighted by atomic mass is 32.2. The van der Waals surface area contributed by atoms with E-state index in [1.807, 2.05) is 18.2 Å². The van der Waals surface area contributed by atoms with Gasteiger partial charge in [-0.15, -0.1) is 0 Å². The van der Waals surface area contributed by atoms with Crippen molar-refractivity contribution in [1.82, 2.24) is 10.2 Å². The van der Waals surface area contributed by atoms with Gasteiger partial charge in [-0.1, -0.05) is 70.0 Å². The van der Waals surface area contributed by atoms with E-state index in [0.717, 1.165) is 48.8 Å². The SMILES string of the molecule is CCCCN(CCCC)CCNC(=O)c1ccc2c(c1)N=C(CCC)c1ccccc1S2. The van der Waals surface area contributed by atoms with Crippen LogP contribution in [0.15, 0.2) is 57.2 Å². The van der Waals surface area contributed by atoms with E-state index in [1.165, 1.54) is 36.1 Å². The highest BCUT2D eigenvalue weighted by Gasteiger charge is 2.18. The summed E-state index contributed by atoms with van der Waals surface area (Å²) in [6.07, 6.45) is 6.79. The molecular weight excluding hydrogens is 414 g/mol. The number of hydrogen-bond donors (Lipinski definition) is 1. The lowest BCUT2D eigenvalue weighted by atomic mass is 10.1. The summed E-state index contributed by atoms with van der Waals surface area (Å²) in [6, 6.07) is 14.4. The van der Waals surface area contributed by atoms with Crippen molar-refractivity contribution >= 4 is 29.1 Å². The number of carbonyl (C=O) groups excluding carboxylic acids is 1. The Labute approximate surface area is 197 Å². The van der Waals surface area contributed by atoms with Crippen molar-refractivity contribution in [3.63, 3.8) is 0 Å². The van der Waals surface area contributed by atoms with E-state index in [-0.39, 0.29) is 5.91 Å². The topological polar surface area (TPSA) is 44.7 Å². The predicted molar refractivity (Wildman–Crippen MR) is 137 cm³/mol. The quantitative estimate of drug-likeness (QED) is 0.390. The lowest BCUT2D eigenvalue weighted by Gasteiger charge is -2.22. The van der Waals surface area contributed by atoms with Crippen LogP contribution in [0, 0.1) is 0 Å². The third kappa shape index (κ3) is 6.69. The monoisotopic (exact) mass is 451 g/mol. The molecule has 0 radical (unpaired) electrons. The van der Waals surface area contributed by atoms with Gasteiger partial charge in [-0.05, 0) is 56.6 Å². The average molecular weight is 452 g/mol. The fraction of sp³-hybridized carbons (Fsp3) is 0.481. The molecule has 1 heterocycles. The number of unbranched alkanes of at least 4 members (excludes halogenated alkanes) is 2. The predicted octanol–water partition coefficient (Wildman–Crippen LogP) is 6.70. The van der Waals surface area contributed by atoms with Gasteiger partial charge in [0.15, 0.2) is 0 Å². The maximum absolute atomic E-state index is 12.9. The van der Waals surface area contributed by atoms with Crippen LogP contribution in [0.2, 0.25) is 0 Å². The number of nitrogens with one attached hydrogen (secondary N) is 1. The van der Waals surface area contributed by atoms with Gasteiger partial charge >= 0.3 is 0 Å². The molecule has 5 heteroatoms. The molecule has 1 aliphatic heterocycles. The number of aliphatic imine (C=N–C) groups is 1. The van der Waals surface area contributed by atoms with Crippen LogP contribution in [0.5, 0.6) is 0 Å². The molecule has 0 atom stereocenters. The molecule has 4 nitrogen and oxygen atoms in total. The zero-order chi connectivity index (χ0) is 22.8. The standard InChI is InChI=1S/C27H37N3OS/c1-4-7-17-30(18-8-5-2)19-16-28-27(31)21-14-15-26-24(20-21)29-23(11-6-3)22-12-9-10-13-25(22)32-26/h9-10,12-15,20H,4-8,11,16-19H2,1-3H3,(H,28,31). The molecule has 0 bridgehead atoms. The van der Waals surface area contributed by atoms with E-state index < -0.39 is 0 Å². The van der Waals surface area contributed by atoms with Crippen LogP contribution >= 0.6 is 11.8 Å². The van der Waals surface area contributed by atoms with Crippen molar-refractivity contribution in [1.29, 1.82) is 0 Å². The van der Waals surface area contributed by atoms with Crippen molar-refractivity contribution in [3.8, 4) is 0 Å².